The Kier molecular flexibility index (Phi) is 2.87. The van der Waals surface area contributed by atoms with E-state index in [4.69, 9.17) is 21.4 Å². The first-order chi connectivity index (χ1) is 6.81. The summed E-state index contributed by atoms with van der Waals surface area (Å²) in [7, 11) is 0. The molecule has 0 bridgehead atoms. The Hall–Kier alpha value is -0.830. The van der Waals surface area contributed by atoms with Gasteiger partial charge in [0.15, 0.2) is 0 Å². The Morgan fingerprint density at radius 1 is 1.36 bits per heavy atom. The van der Waals surface area contributed by atoms with Gasteiger partial charge in [-0.25, -0.2) is 0 Å². The summed E-state index contributed by atoms with van der Waals surface area (Å²) in [6.45, 7) is 0.0627. The Labute approximate surface area is 87.8 Å². The van der Waals surface area contributed by atoms with E-state index in [-0.39, 0.29) is 18.8 Å². The number of aliphatic hydroxyl groups is 1. The summed E-state index contributed by atoms with van der Waals surface area (Å²) >= 11 is 5.77. The molecule has 2 rings (SSSR count). The van der Waals surface area contributed by atoms with Gasteiger partial charge in [0.2, 0.25) is 0 Å². The third-order valence-corrected chi connectivity index (χ3v) is 2.41. The van der Waals surface area contributed by atoms with Crippen molar-refractivity contribution in [1.29, 1.82) is 0 Å². The summed E-state index contributed by atoms with van der Waals surface area (Å²) in [4.78, 5) is 0. The molecule has 2 atom stereocenters. The zero-order chi connectivity index (χ0) is 9.97. The first-order valence-corrected chi connectivity index (χ1v) is 4.87. The number of benzene rings is 1. The van der Waals surface area contributed by atoms with Gasteiger partial charge in [0.05, 0.1) is 6.61 Å². The minimum atomic E-state index is 0.0627. The summed E-state index contributed by atoms with van der Waals surface area (Å²) in [5.41, 5.74) is 1.13. The van der Waals surface area contributed by atoms with Crippen LogP contribution in [0.5, 0.6) is 0 Å². The fourth-order valence-corrected chi connectivity index (χ4v) is 1.51. The molecular weight excluding hydrogens is 200 g/mol. The minimum Gasteiger partial charge on any atom is -0.392 e. The summed E-state index contributed by atoms with van der Waals surface area (Å²) < 4.78 is 5.40. The van der Waals surface area contributed by atoms with Crippen molar-refractivity contribution >= 4 is 11.6 Å². The summed E-state index contributed by atoms with van der Waals surface area (Å²) in [6, 6.07) is 7.62. The van der Waals surface area contributed by atoms with Crippen molar-refractivity contribution in [1.82, 2.24) is 0 Å². The summed E-state index contributed by atoms with van der Waals surface area (Å²) in [6.07, 6.45) is 3.82. The molecule has 0 radical (unpaired) electrons. The lowest BCUT2D eigenvalue weighted by atomic mass is 10.1. The number of hydrogen-bond donors (Lipinski definition) is 1. The largest absolute Gasteiger partial charge is 0.392 e. The Balaban J connectivity index is 1.99. The third kappa shape index (κ3) is 2.15. The molecule has 0 amide bonds. The predicted molar refractivity (Wildman–Crippen MR) is 55.3 cm³/mol. The van der Waals surface area contributed by atoms with Crippen molar-refractivity contribution in [3.05, 3.63) is 47.0 Å². The molecule has 3 heteroatoms. The highest BCUT2D eigenvalue weighted by atomic mass is 35.5. The fourth-order valence-electron chi connectivity index (χ4n) is 1.39. The van der Waals surface area contributed by atoms with Crippen LogP contribution in [0.4, 0.5) is 0 Å². The molecule has 0 aromatic heterocycles. The molecule has 1 aromatic carbocycles. The lowest BCUT2D eigenvalue weighted by molar-refractivity contribution is 0.341. The molecule has 1 aliphatic rings. The highest BCUT2D eigenvalue weighted by Crippen LogP contribution is 2.39. The monoisotopic (exact) mass is 210 g/mol. The molecule has 1 aliphatic heterocycles. The van der Waals surface area contributed by atoms with Gasteiger partial charge in [-0.1, -0.05) is 35.9 Å². The van der Waals surface area contributed by atoms with E-state index >= 15 is 0 Å². The van der Waals surface area contributed by atoms with Gasteiger partial charge in [-0.05, 0) is 17.7 Å². The van der Waals surface area contributed by atoms with Gasteiger partial charge in [-0.2, -0.15) is 0 Å². The van der Waals surface area contributed by atoms with E-state index in [0.717, 1.165) is 10.6 Å². The molecule has 1 aromatic rings. The van der Waals surface area contributed by atoms with E-state index in [9.17, 15) is 0 Å². The maximum atomic E-state index is 8.58. The zero-order valence-electron chi connectivity index (χ0n) is 7.56. The maximum absolute atomic E-state index is 8.58. The first-order valence-electron chi connectivity index (χ1n) is 4.49. The van der Waals surface area contributed by atoms with Crippen LogP contribution in [-0.2, 0) is 4.74 Å². The second kappa shape index (κ2) is 4.13. The molecule has 0 saturated carbocycles. The van der Waals surface area contributed by atoms with Crippen LogP contribution in [0.2, 0.25) is 5.02 Å². The summed E-state index contributed by atoms with van der Waals surface area (Å²) in [5, 5.41) is 9.31. The molecule has 1 N–H and O–H groups in total. The highest BCUT2D eigenvalue weighted by molar-refractivity contribution is 6.30. The van der Waals surface area contributed by atoms with Gasteiger partial charge in [0.1, 0.15) is 12.2 Å². The van der Waals surface area contributed by atoms with Crippen LogP contribution in [0.1, 0.15) is 11.7 Å². The van der Waals surface area contributed by atoms with Crippen LogP contribution in [0.15, 0.2) is 36.4 Å². The average molecular weight is 211 g/mol. The first kappa shape index (κ1) is 9.71. The third-order valence-electron chi connectivity index (χ3n) is 2.16. The SMILES string of the molecule is OC/C=C\[C@H]1O[C@@H]1c1ccc(Cl)cc1. The van der Waals surface area contributed by atoms with E-state index < -0.39 is 0 Å². The van der Waals surface area contributed by atoms with Crippen molar-refractivity contribution in [3.63, 3.8) is 0 Å². The molecule has 1 fully saturated rings. The fraction of sp³-hybridized carbons (Fsp3) is 0.273. The summed E-state index contributed by atoms with van der Waals surface area (Å²) in [5.74, 6) is 0. The molecule has 0 aliphatic carbocycles. The molecule has 14 heavy (non-hydrogen) atoms. The quantitative estimate of drug-likeness (QED) is 0.614. The van der Waals surface area contributed by atoms with Gasteiger partial charge in [-0.15, -0.1) is 0 Å². The van der Waals surface area contributed by atoms with E-state index in [2.05, 4.69) is 0 Å². The number of rotatable bonds is 3. The molecule has 1 heterocycles. The lowest BCUT2D eigenvalue weighted by Crippen LogP contribution is -1.84. The van der Waals surface area contributed by atoms with E-state index in [1.807, 2.05) is 30.3 Å². The number of hydrogen-bond acceptors (Lipinski definition) is 2. The number of epoxide rings is 1. The molecule has 2 nitrogen and oxygen atoms in total. The Bertz CT molecular complexity index is 332. The highest BCUT2D eigenvalue weighted by Gasteiger charge is 2.37. The van der Waals surface area contributed by atoms with Crippen molar-refractivity contribution in [2.24, 2.45) is 0 Å². The van der Waals surface area contributed by atoms with E-state index in [1.165, 1.54) is 0 Å². The standard InChI is InChI=1S/C11H11ClO2/c12-9-5-3-8(4-6-9)11-10(14-11)2-1-7-13/h1-6,10-11,13H,7H2/b2-1-/t10-,11-/m1/s1. The second-order valence-corrected chi connectivity index (χ2v) is 3.62. The van der Waals surface area contributed by atoms with Crippen LogP contribution in [-0.4, -0.2) is 17.8 Å². The maximum Gasteiger partial charge on any atom is 0.113 e. The number of halogens is 1. The Morgan fingerprint density at radius 3 is 2.71 bits per heavy atom. The molecule has 74 valence electrons. The molecule has 0 spiro atoms. The number of aliphatic hydroxyl groups excluding tert-OH is 1. The molecular formula is C11H11ClO2. The minimum absolute atomic E-state index is 0.0627. The van der Waals surface area contributed by atoms with Gasteiger partial charge >= 0.3 is 0 Å². The van der Waals surface area contributed by atoms with Crippen LogP contribution < -0.4 is 0 Å². The van der Waals surface area contributed by atoms with Crippen molar-refractivity contribution in [2.75, 3.05) is 6.61 Å². The lowest BCUT2D eigenvalue weighted by Gasteiger charge is -1.94. The molecule has 1 saturated heterocycles. The smallest absolute Gasteiger partial charge is 0.113 e. The topological polar surface area (TPSA) is 32.8 Å². The van der Waals surface area contributed by atoms with E-state index in [1.54, 1.807) is 6.08 Å². The van der Waals surface area contributed by atoms with Crippen LogP contribution in [0.25, 0.3) is 0 Å². The van der Waals surface area contributed by atoms with E-state index in [0.29, 0.717) is 0 Å². The van der Waals surface area contributed by atoms with Crippen LogP contribution in [0, 0.1) is 0 Å². The predicted octanol–water partition coefficient (Wildman–Crippen LogP) is 2.33. The van der Waals surface area contributed by atoms with Crippen LogP contribution in [0.3, 0.4) is 0 Å². The normalized spacial score (nSPS) is 25.6. The van der Waals surface area contributed by atoms with Gasteiger partial charge < -0.3 is 9.84 Å². The van der Waals surface area contributed by atoms with Crippen molar-refractivity contribution in [3.8, 4) is 0 Å². The van der Waals surface area contributed by atoms with Gasteiger partial charge in [-0.3, -0.25) is 0 Å². The van der Waals surface area contributed by atoms with Gasteiger partial charge in [0, 0.05) is 5.02 Å². The van der Waals surface area contributed by atoms with Crippen LogP contribution >= 0.6 is 11.6 Å². The zero-order valence-corrected chi connectivity index (χ0v) is 8.32. The average Bonchev–Trinajstić information content (AvgIpc) is 2.95. The second-order valence-electron chi connectivity index (χ2n) is 3.18. The van der Waals surface area contributed by atoms with Gasteiger partial charge in [0.25, 0.3) is 0 Å². The van der Waals surface area contributed by atoms with Crippen molar-refractivity contribution in [2.45, 2.75) is 12.2 Å². The molecule has 0 unspecified atom stereocenters. The number of ether oxygens (including phenoxy) is 1. The Morgan fingerprint density at radius 2 is 2.07 bits per heavy atom. The van der Waals surface area contributed by atoms with Crippen molar-refractivity contribution < 1.29 is 9.84 Å².